The van der Waals surface area contributed by atoms with Gasteiger partial charge in [-0.15, -0.1) is 0 Å². The Kier molecular flexibility index (Phi) is 6.13. The van der Waals surface area contributed by atoms with E-state index in [2.05, 4.69) is 0 Å². The van der Waals surface area contributed by atoms with Crippen LogP contribution in [-0.4, -0.2) is 5.97 Å². The van der Waals surface area contributed by atoms with Crippen LogP contribution in [0.1, 0.15) is 17.0 Å². The SMILES string of the molecule is O=C([O-])[C@@H](Cc1ccccc1)c1ccccc1.[Na+]. The van der Waals surface area contributed by atoms with E-state index in [1.807, 2.05) is 60.7 Å². The van der Waals surface area contributed by atoms with Gasteiger partial charge in [0.15, 0.2) is 0 Å². The van der Waals surface area contributed by atoms with Crippen LogP contribution in [0.4, 0.5) is 0 Å². The van der Waals surface area contributed by atoms with Gasteiger partial charge in [0.05, 0.1) is 0 Å². The van der Waals surface area contributed by atoms with Crippen molar-refractivity contribution in [3.63, 3.8) is 0 Å². The Bertz CT molecular complexity index is 482. The van der Waals surface area contributed by atoms with E-state index in [9.17, 15) is 9.90 Å². The molecule has 0 amide bonds. The minimum atomic E-state index is -1.03. The maximum absolute atomic E-state index is 11.2. The summed E-state index contributed by atoms with van der Waals surface area (Å²) in [5.41, 5.74) is 1.79. The van der Waals surface area contributed by atoms with E-state index in [4.69, 9.17) is 0 Å². The molecule has 18 heavy (non-hydrogen) atoms. The molecular formula is C15H13NaO2. The van der Waals surface area contributed by atoms with Gasteiger partial charge in [-0.25, -0.2) is 0 Å². The molecule has 0 fully saturated rings. The van der Waals surface area contributed by atoms with Crippen molar-refractivity contribution in [3.8, 4) is 0 Å². The molecule has 2 aromatic carbocycles. The number of benzene rings is 2. The van der Waals surface area contributed by atoms with Crippen LogP contribution in [-0.2, 0) is 11.2 Å². The van der Waals surface area contributed by atoms with E-state index >= 15 is 0 Å². The summed E-state index contributed by atoms with van der Waals surface area (Å²) in [4.78, 5) is 11.2. The molecule has 0 aliphatic rings. The van der Waals surface area contributed by atoms with Crippen LogP contribution in [0.3, 0.4) is 0 Å². The summed E-state index contributed by atoms with van der Waals surface area (Å²) in [5.74, 6) is -1.61. The molecule has 0 aliphatic carbocycles. The number of carbonyl (C=O) groups is 1. The van der Waals surface area contributed by atoms with Crippen LogP contribution < -0.4 is 34.7 Å². The summed E-state index contributed by atoms with van der Waals surface area (Å²) in [6.45, 7) is 0. The molecular weight excluding hydrogens is 235 g/mol. The van der Waals surface area contributed by atoms with Crippen molar-refractivity contribution in [2.45, 2.75) is 12.3 Å². The molecule has 2 nitrogen and oxygen atoms in total. The number of carboxylic acid groups (broad SMARTS) is 1. The zero-order valence-corrected chi connectivity index (χ0v) is 12.4. The van der Waals surface area contributed by atoms with Gasteiger partial charge in [-0.3, -0.25) is 0 Å². The summed E-state index contributed by atoms with van der Waals surface area (Å²) in [6.07, 6.45) is 0.465. The second kappa shape index (κ2) is 7.37. The molecule has 0 spiro atoms. The Morgan fingerprint density at radius 1 is 0.944 bits per heavy atom. The second-order valence-electron chi connectivity index (χ2n) is 3.97. The van der Waals surface area contributed by atoms with Crippen LogP contribution in [0.15, 0.2) is 60.7 Å². The van der Waals surface area contributed by atoms with Crippen molar-refractivity contribution in [1.82, 2.24) is 0 Å². The fourth-order valence-corrected chi connectivity index (χ4v) is 1.87. The van der Waals surface area contributed by atoms with Crippen LogP contribution >= 0.6 is 0 Å². The monoisotopic (exact) mass is 248 g/mol. The third kappa shape index (κ3) is 3.98. The van der Waals surface area contributed by atoms with Gasteiger partial charge < -0.3 is 9.90 Å². The normalized spacial score (nSPS) is 11.3. The molecule has 0 unspecified atom stereocenters. The number of rotatable bonds is 4. The molecule has 0 radical (unpaired) electrons. The summed E-state index contributed by atoms with van der Waals surface area (Å²) < 4.78 is 0. The maximum atomic E-state index is 11.2. The first-order chi connectivity index (χ1) is 8.27. The van der Waals surface area contributed by atoms with E-state index in [0.717, 1.165) is 11.1 Å². The molecule has 0 N–H and O–H groups in total. The summed E-state index contributed by atoms with van der Waals surface area (Å²) >= 11 is 0. The molecule has 0 aromatic heterocycles. The molecule has 0 heterocycles. The number of hydrogen-bond acceptors (Lipinski definition) is 2. The number of aliphatic carboxylic acids is 1. The van der Waals surface area contributed by atoms with Crippen molar-refractivity contribution >= 4 is 5.97 Å². The molecule has 0 bridgehead atoms. The molecule has 3 heteroatoms. The zero-order chi connectivity index (χ0) is 12.1. The summed E-state index contributed by atoms with van der Waals surface area (Å²) in [5, 5.41) is 11.2. The third-order valence-corrected chi connectivity index (χ3v) is 2.77. The van der Waals surface area contributed by atoms with Gasteiger partial charge in [-0.1, -0.05) is 60.7 Å². The van der Waals surface area contributed by atoms with Gasteiger partial charge in [0.25, 0.3) is 0 Å². The third-order valence-electron chi connectivity index (χ3n) is 2.77. The van der Waals surface area contributed by atoms with Gasteiger partial charge in [0.1, 0.15) is 0 Å². The van der Waals surface area contributed by atoms with E-state index in [-0.39, 0.29) is 29.6 Å². The minimum absolute atomic E-state index is 0. The quantitative estimate of drug-likeness (QED) is 0.635. The first-order valence-electron chi connectivity index (χ1n) is 5.57. The molecule has 0 saturated heterocycles. The average molecular weight is 248 g/mol. The first-order valence-corrected chi connectivity index (χ1v) is 5.57. The number of carboxylic acids is 1. The molecule has 2 rings (SSSR count). The molecule has 0 aliphatic heterocycles. The van der Waals surface area contributed by atoms with Crippen LogP contribution in [0.2, 0.25) is 0 Å². The number of carbonyl (C=O) groups excluding carboxylic acids is 1. The first kappa shape index (κ1) is 15.0. The van der Waals surface area contributed by atoms with Crippen molar-refractivity contribution in [2.24, 2.45) is 0 Å². The zero-order valence-electron chi connectivity index (χ0n) is 10.4. The van der Waals surface area contributed by atoms with Crippen molar-refractivity contribution in [3.05, 3.63) is 71.8 Å². The number of hydrogen-bond donors (Lipinski definition) is 0. The Labute approximate surface area is 129 Å². The molecule has 86 valence electrons. The minimum Gasteiger partial charge on any atom is -0.549 e. The van der Waals surface area contributed by atoms with Crippen LogP contribution in [0, 0.1) is 0 Å². The van der Waals surface area contributed by atoms with Crippen molar-refractivity contribution < 1.29 is 39.5 Å². The smallest absolute Gasteiger partial charge is 0.549 e. The molecule has 0 saturated carbocycles. The Morgan fingerprint density at radius 2 is 1.44 bits per heavy atom. The van der Waals surface area contributed by atoms with E-state index in [1.165, 1.54) is 0 Å². The van der Waals surface area contributed by atoms with Crippen molar-refractivity contribution in [2.75, 3.05) is 0 Å². The average Bonchev–Trinajstić information content (AvgIpc) is 2.38. The fourth-order valence-electron chi connectivity index (χ4n) is 1.87. The van der Waals surface area contributed by atoms with Gasteiger partial charge >= 0.3 is 29.6 Å². The summed E-state index contributed by atoms with van der Waals surface area (Å²) in [7, 11) is 0. The van der Waals surface area contributed by atoms with E-state index in [0.29, 0.717) is 6.42 Å². The Balaban J connectivity index is 0.00000162. The predicted octanol–water partition coefficient (Wildman–Crippen LogP) is -1.23. The standard InChI is InChI=1S/C15H14O2.Na/c16-15(17)14(13-9-5-2-6-10-13)11-12-7-3-1-4-8-12;/h1-10,14H,11H2,(H,16,17);/q;+1/p-1/t14-;/m0./s1. The maximum Gasteiger partial charge on any atom is 1.00 e. The van der Waals surface area contributed by atoms with Gasteiger partial charge in [0.2, 0.25) is 0 Å². The van der Waals surface area contributed by atoms with E-state index < -0.39 is 11.9 Å². The molecule has 1 atom stereocenters. The second-order valence-corrected chi connectivity index (χ2v) is 3.97. The van der Waals surface area contributed by atoms with Crippen LogP contribution in [0.5, 0.6) is 0 Å². The van der Waals surface area contributed by atoms with Crippen LogP contribution in [0.25, 0.3) is 0 Å². The van der Waals surface area contributed by atoms with Gasteiger partial charge in [-0.05, 0) is 17.5 Å². The fraction of sp³-hybridized carbons (Fsp3) is 0.133. The van der Waals surface area contributed by atoms with Gasteiger partial charge in [-0.2, -0.15) is 0 Å². The Morgan fingerprint density at radius 3 is 1.94 bits per heavy atom. The summed E-state index contributed by atoms with van der Waals surface area (Å²) in [6, 6.07) is 18.8. The van der Waals surface area contributed by atoms with Crippen molar-refractivity contribution in [1.29, 1.82) is 0 Å². The largest absolute Gasteiger partial charge is 1.00 e. The predicted molar refractivity (Wildman–Crippen MR) is 64.3 cm³/mol. The van der Waals surface area contributed by atoms with Gasteiger partial charge in [0, 0.05) is 11.9 Å². The van der Waals surface area contributed by atoms with E-state index in [1.54, 1.807) is 0 Å². The Hall–Kier alpha value is -1.09. The molecule has 2 aromatic rings. The topological polar surface area (TPSA) is 40.1 Å².